The van der Waals surface area contributed by atoms with E-state index in [4.69, 9.17) is 14.0 Å². The van der Waals surface area contributed by atoms with Gasteiger partial charge in [0.1, 0.15) is 17.3 Å². The molecule has 0 radical (unpaired) electrons. The Morgan fingerprint density at radius 3 is 2.80 bits per heavy atom. The van der Waals surface area contributed by atoms with Gasteiger partial charge in [-0.15, -0.1) is 0 Å². The Hall–Kier alpha value is -4.08. The van der Waals surface area contributed by atoms with E-state index in [1.165, 1.54) is 18.2 Å². The van der Waals surface area contributed by atoms with Gasteiger partial charge in [-0.05, 0) is 55.2 Å². The predicted molar refractivity (Wildman–Crippen MR) is 127 cm³/mol. The van der Waals surface area contributed by atoms with Gasteiger partial charge in [-0.2, -0.15) is 0 Å². The Bertz CT molecular complexity index is 1200. The largest absolute Gasteiger partial charge is 0.497 e. The molecular weight excluding hydrogens is 455 g/mol. The van der Waals surface area contributed by atoms with Gasteiger partial charge >= 0.3 is 6.03 Å². The lowest BCUT2D eigenvalue weighted by molar-refractivity contribution is 0.0664. The number of benzene rings is 2. The van der Waals surface area contributed by atoms with Crippen molar-refractivity contribution in [3.8, 4) is 22.8 Å². The van der Waals surface area contributed by atoms with E-state index in [1.807, 2.05) is 0 Å². The second-order valence-corrected chi connectivity index (χ2v) is 8.25. The van der Waals surface area contributed by atoms with E-state index in [0.29, 0.717) is 48.1 Å². The van der Waals surface area contributed by atoms with Crippen LogP contribution in [0.1, 0.15) is 23.3 Å². The molecule has 0 aliphatic carbocycles. The number of anilines is 1. The third kappa shape index (κ3) is 5.89. The standard InChI is InChI=1S/C25H27FN4O5/c1-33-19-8-9-22(34-2)20(12-19)23-13-21(29-35-23)24(31)30-10-4-5-16(15-30)14-27-25(32)28-18-7-3-6-17(26)11-18/h3,6-9,11-13,16H,4-5,10,14-15H2,1-2H3,(H2,27,28,32). The van der Waals surface area contributed by atoms with E-state index < -0.39 is 11.8 Å². The van der Waals surface area contributed by atoms with Gasteiger partial charge in [0, 0.05) is 31.4 Å². The first kappa shape index (κ1) is 24.1. The molecule has 184 valence electrons. The van der Waals surface area contributed by atoms with E-state index >= 15 is 0 Å². The minimum atomic E-state index is -0.426. The van der Waals surface area contributed by atoms with Crippen molar-refractivity contribution in [1.29, 1.82) is 0 Å². The van der Waals surface area contributed by atoms with Crippen molar-refractivity contribution < 1.29 is 28.0 Å². The molecule has 4 rings (SSSR count). The van der Waals surface area contributed by atoms with Crippen LogP contribution in [0.3, 0.4) is 0 Å². The monoisotopic (exact) mass is 482 g/mol. The lowest BCUT2D eigenvalue weighted by Gasteiger charge is -2.32. The molecule has 9 nitrogen and oxygen atoms in total. The number of likely N-dealkylation sites (tertiary alicyclic amines) is 1. The number of ether oxygens (including phenoxy) is 2. The van der Waals surface area contributed by atoms with Gasteiger partial charge in [0.05, 0.1) is 19.8 Å². The number of urea groups is 1. The average molecular weight is 483 g/mol. The topological polar surface area (TPSA) is 106 Å². The maximum atomic E-state index is 13.3. The van der Waals surface area contributed by atoms with Gasteiger partial charge < -0.3 is 29.5 Å². The third-order valence-electron chi connectivity index (χ3n) is 5.84. The number of carbonyl (C=O) groups excluding carboxylic acids is 2. The van der Waals surface area contributed by atoms with Crippen LogP contribution in [-0.4, -0.2) is 55.8 Å². The Morgan fingerprint density at radius 1 is 1.17 bits per heavy atom. The summed E-state index contributed by atoms with van der Waals surface area (Å²) in [6.45, 7) is 1.45. The second-order valence-electron chi connectivity index (χ2n) is 8.25. The number of aromatic nitrogens is 1. The fraction of sp³-hybridized carbons (Fsp3) is 0.320. The Balaban J connectivity index is 1.36. The fourth-order valence-electron chi connectivity index (χ4n) is 4.07. The van der Waals surface area contributed by atoms with E-state index in [0.717, 1.165) is 12.8 Å². The maximum Gasteiger partial charge on any atom is 0.319 e. The van der Waals surface area contributed by atoms with Crippen molar-refractivity contribution in [2.24, 2.45) is 5.92 Å². The first-order chi connectivity index (χ1) is 17.0. The van der Waals surface area contributed by atoms with E-state index in [2.05, 4.69) is 15.8 Å². The minimum absolute atomic E-state index is 0.0795. The number of nitrogens with one attached hydrogen (secondary N) is 2. The molecule has 1 saturated heterocycles. The summed E-state index contributed by atoms with van der Waals surface area (Å²) < 4.78 is 29.4. The summed E-state index contributed by atoms with van der Waals surface area (Å²) >= 11 is 0. The number of rotatable bonds is 7. The highest BCUT2D eigenvalue weighted by molar-refractivity contribution is 5.93. The molecule has 2 N–H and O–H groups in total. The zero-order valence-electron chi connectivity index (χ0n) is 19.5. The molecule has 1 fully saturated rings. The number of amides is 3. The van der Waals surface area contributed by atoms with E-state index in [-0.39, 0.29) is 17.5 Å². The van der Waals surface area contributed by atoms with Crippen LogP contribution in [0.5, 0.6) is 11.5 Å². The zero-order chi connectivity index (χ0) is 24.8. The van der Waals surface area contributed by atoms with E-state index in [9.17, 15) is 14.0 Å². The molecule has 2 aromatic carbocycles. The molecule has 10 heteroatoms. The van der Waals surface area contributed by atoms with Crippen LogP contribution in [0.2, 0.25) is 0 Å². The molecule has 2 heterocycles. The van der Waals surface area contributed by atoms with Crippen LogP contribution < -0.4 is 20.1 Å². The lowest BCUT2D eigenvalue weighted by atomic mass is 9.97. The number of piperidine rings is 1. The number of nitrogens with zero attached hydrogens (tertiary/aromatic N) is 2. The molecule has 0 saturated carbocycles. The first-order valence-corrected chi connectivity index (χ1v) is 11.3. The number of methoxy groups -OCH3 is 2. The third-order valence-corrected chi connectivity index (χ3v) is 5.84. The van der Waals surface area contributed by atoms with Crippen LogP contribution in [0.15, 0.2) is 53.1 Å². The average Bonchev–Trinajstić information content (AvgIpc) is 3.37. The van der Waals surface area contributed by atoms with Gasteiger partial charge in [0.2, 0.25) is 0 Å². The van der Waals surface area contributed by atoms with Gasteiger partial charge in [0.25, 0.3) is 5.91 Å². The zero-order valence-corrected chi connectivity index (χ0v) is 19.5. The van der Waals surface area contributed by atoms with Crippen molar-refractivity contribution in [1.82, 2.24) is 15.4 Å². The molecule has 1 aliphatic rings. The minimum Gasteiger partial charge on any atom is -0.497 e. The van der Waals surface area contributed by atoms with Crippen LogP contribution in [0.25, 0.3) is 11.3 Å². The van der Waals surface area contributed by atoms with Crippen LogP contribution in [-0.2, 0) is 0 Å². The Kier molecular flexibility index (Phi) is 7.49. The van der Waals surface area contributed by atoms with Crippen LogP contribution >= 0.6 is 0 Å². The molecule has 3 aromatic rings. The van der Waals surface area contributed by atoms with Crippen molar-refractivity contribution in [2.45, 2.75) is 12.8 Å². The number of halogens is 1. The molecule has 1 aliphatic heterocycles. The van der Waals surface area contributed by atoms with Gasteiger partial charge in [0.15, 0.2) is 11.5 Å². The second kappa shape index (κ2) is 10.9. The summed E-state index contributed by atoms with van der Waals surface area (Å²) in [5.41, 5.74) is 1.20. The molecule has 1 atom stereocenters. The molecule has 1 aromatic heterocycles. The number of carbonyl (C=O) groups is 2. The summed E-state index contributed by atoms with van der Waals surface area (Å²) in [6, 6.07) is 12.1. The molecule has 0 spiro atoms. The fourth-order valence-corrected chi connectivity index (χ4v) is 4.07. The maximum absolute atomic E-state index is 13.3. The van der Waals surface area contributed by atoms with Crippen molar-refractivity contribution in [3.05, 3.63) is 60.0 Å². The SMILES string of the molecule is COc1ccc(OC)c(-c2cc(C(=O)N3CCCC(CNC(=O)Nc4cccc(F)c4)C3)no2)c1. The molecule has 3 amide bonds. The van der Waals surface area contributed by atoms with Crippen LogP contribution in [0, 0.1) is 11.7 Å². The Morgan fingerprint density at radius 2 is 2.03 bits per heavy atom. The summed E-state index contributed by atoms with van der Waals surface area (Å²) in [5.74, 6) is 1.00. The predicted octanol–water partition coefficient (Wildman–Crippen LogP) is 4.17. The van der Waals surface area contributed by atoms with Crippen LogP contribution in [0.4, 0.5) is 14.9 Å². The summed E-state index contributed by atoms with van der Waals surface area (Å²) in [6.07, 6.45) is 1.67. The highest BCUT2D eigenvalue weighted by Crippen LogP contribution is 2.34. The molecule has 35 heavy (non-hydrogen) atoms. The van der Waals surface area contributed by atoms with Gasteiger partial charge in [-0.1, -0.05) is 11.2 Å². The summed E-state index contributed by atoms with van der Waals surface area (Å²) in [4.78, 5) is 27.0. The van der Waals surface area contributed by atoms with Crippen molar-refractivity contribution >= 4 is 17.6 Å². The van der Waals surface area contributed by atoms with Crippen molar-refractivity contribution in [2.75, 3.05) is 39.2 Å². The molecular formula is C25H27FN4O5. The van der Waals surface area contributed by atoms with Gasteiger partial charge in [-0.3, -0.25) is 4.79 Å². The highest BCUT2D eigenvalue weighted by atomic mass is 19.1. The van der Waals surface area contributed by atoms with Crippen molar-refractivity contribution in [3.63, 3.8) is 0 Å². The molecule has 1 unspecified atom stereocenters. The quantitative estimate of drug-likeness (QED) is 0.524. The highest BCUT2D eigenvalue weighted by Gasteiger charge is 2.27. The lowest BCUT2D eigenvalue weighted by Crippen LogP contribution is -2.44. The molecule has 0 bridgehead atoms. The van der Waals surface area contributed by atoms with E-state index in [1.54, 1.807) is 49.5 Å². The summed E-state index contributed by atoms with van der Waals surface area (Å²) in [7, 11) is 3.11. The first-order valence-electron chi connectivity index (χ1n) is 11.3. The number of hydrogen-bond donors (Lipinski definition) is 2. The van der Waals surface area contributed by atoms with Gasteiger partial charge in [-0.25, -0.2) is 9.18 Å². The summed E-state index contributed by atoms with van der Waals surface area (Å²) in [5, 5.41) is 9.38. The normalized spacial score (nSPS) is 15.4. The smallest absolute Gasteiger partial charge is 0.319 e. The Labute approximate surface area is 202 Å². The number of hydrogen-bond acceptors (Lipinski definition) is 6.